The average molecular weight is 418 g/mol. The number of aliphatic imine (C=N–C) groups is 1. The van der Waals surface area contributed by atoms with Gasteiger partial charge in [0.15, 0.2) is 0 Å². The number of halogens is 3. The van der Waals surface area contributed by atoms with Crippen LogP contribution in [-0.4, -0.2) is 41.5 Å². The van der Waals surface area contributed by atoms with E-state index in [9.17, 15) is 18.3 Å². The van der Waals surface area contributed by atoms with Crippen molar-refractivity contribution >= 4 is 5.71 Å². The number of aryl methyl sites for hydroxylation is 1. The molecule has 1 heterocycles. The van der Waals surface area contributed by atoms with Crippen molar-refractivity contribution in [1.29, 1.82) is 0 Å². The highest BCUT2D eigenvalue weighted by Crippen LogP contribution is 2.30. The van der Waals surface area contributed by atoms with Gasteiger partial charge in [0.1, 0.15) is 18.5 Å². The Balaban J connectivity index is 1.58. The highest BCUT2D eigenvalue weighted by Gasteiger charge is 2.30. The Morgan fingerprint density at radius 3 is 2.47 bits per heavy atom. The third-order valence-corrected chi connectivity index (χ3v) is 4.87. The van der Waals surface area contributed by atoms with Crippen LogP contribution in [0.1, 0.15) is 23.1 Å². The van der Waals surface area contributed by atoms with Crippen molar-refractivity contribution in [3.05, 3.63) is 77.5 Å². The van der Waals surface area contributed by atoms with Crippen LogP contribution < -0.4 is 4.74 Å². The van der Waals surface area contributed by atoms with Crippen molar-refractivity contribution in [3.63, 3.8) is 0 Å². The Kier molecular flexibility index (Phi) is 7.29. The lowest BCUT2D eigenvalue weighted by Gasteiger charge is -2.26. The summed E-state index contributed by atoms with van der Waals surface area (Å²) in [5, 5.41) is 10.5. The second-order valence-electron chi connectivity index (χ2n) is 7.37. The lowest BCUT2D eigenvalue weighted by atomic mass is 10.1. The number of alkyl halides is 3. The minimum atomic E-state index is -4.38. The number of rotatable bonds is 9. The smallest absolute Gasteiger partial charge is 0.416 e. The van der Waals surface area contributed by atoms with Crippen LogP contribution in [-0.2, 0) is 12.7 Å². The van der Waals surface area contributed by atoms with Gasteiger partial charge in [-0.1, -0.05) is 30.3 Å². The molecule has 0 aliphatic carbocycles. The molecular formula is C23H25F3N2O2. The molecule has 2 aromatic carbocycles. The topological polar surface area (TPSA) is 45.1 Å². The Bertz CT molecular complexity index is 892. The summed E-state index contributed by atoms with van der Waals surface area (Å²) in [6.07, 6.45) is -0.614. The number of hydrogen-bond acceptors (Lipinski definition) is 4. The molecule has 4 nitrogen and oxygen atoms in total. The molecule has 1 N–H and O–H groups in total. The molecule has 30 heavy (non-hydrogen) atoms. The molecular weight excluding hydrogens is 393 g/mol. The molecule has 7 heteroatoms. The van der Waals surface area contributed by atoms with Gasteiger partial charge in [-0.05, 0) is 42.3 Å². The number of aliphatic hydroxyl groups excluding tert-OH is 1. The van der Waals surface area contributed by atoms with Gasteiger partial charge in [-0.25, -0.2) is 0 Å². The molecule has 3 rings (SSSR count). The van der Waals surface area contributed by atoms with Gasteiger partial charge in [0.05, 0.1) is 5.56 Å². The molecule has 0 fully saturated rings. The van der Waals surface area contributed by atoms with Crippen molar-refractivity contribution < 1.29 is 23.0 Å². The van der Waals surface area contributed by atoms with Gasteiger partial charge in [-0.3, -0.25) is 9.89 Å². The first-order valence-corrected chi connectivity index (χ1v) is 9.77. The first kappa shape index (κ1) is 22.1. The molecule has 160 valence electrons. The quantitative estimate of drug-likeness (QED) is 0.647. The van der Waals surface area contributed by atoms with Gasteiger partial charge in [0, 0.05) is 38.0 Å². The van der Waals surface area contributed by atoms with Gasteiger partial charge in [-0.2, -0.15) is 13.2 Å². The molecule has 1 unspecified atom stereocenters. The Morgan fingerprint density at radius 1 is 1.10 bits per heavy atom. The van der Waals surface area contributed by atoms with Gasteiger partial charge < -0.3 is 9.84 Å². The van der Waals surface area contributed by atoms with Gasteiger partial charge in [0.25, 0.3) is 0 Å². The Hall–Kier alpha value is -2.64. The van der Waals surface area contributed by atoms with E-state index in [1.807, 2.05) is 31.2 Å². The summed E-state index contributed by atoms with van der Waals surface area (Å²) in [6.45, 7) is 3.67. The van der Waals surface area contributed by atoms with Crippen molar-refractivity contribution in [2.75, 3.05) is 19.7 Å². The van der Waals surface area contributed by atoms with Crippen LogP contribution in [0.15, 0.2) is 65.8 Å². The van der Waals surface area contributed by atoms with Gasteiger partial charge >= 0.3 is 6.18 Å². The van der Waals surface area contributed by atoms with E-state index >= 15 is 0 Å². The number of hydrogen-bond donors (Lipinski definition) is 1. The molecule has 1 aliphatic heterocycles. The zero-order valence-corrected chi connectivity index (χ0v) is 16.8. The maximum Gasteiger partial charge on any atom is 0.416 e. The predicted octanol–water partition coefficient (Wildman–Crippen LogP) is 4.61. The summed E-state index contributed by atoms with van der Waals surface area (Å²) < 4.78 is 43.4. The monoisotopic (exact) mass is 418 g/mol. The Morgan fingerprint density at radius 2 is 1.83 bits per heavy atom. The fourth-order valence-corrected chi connectivity index (χ4v) is 3.26. The Labute approximate surface area is 174 Å². The van der Waals surface area contributed by atoms with Crippen LogP contribution in [0.25, 0.3) is 0 Å². The first-order chi connectivity index (χ1) is 14.3. The van der Waals surface area contributed by atoms with Crippen molar-refractivity contribution in [3.8, 4) is 5.75 Å². The lowest BCUT2D eigenvalue weighted by Crippen LogP contribution is -2.38. The molecule has 0 saturated carbocycles. The number of ether oxygens (including phenoxy) is 1. The maximum absolute atomic E-state index is 12.7. The SMILES string of the molecule is Cc1ccccc1CN(CC1=NC=CC1)CC(O)COc1ccc(C(F)(F)F)cc1. The molecule has 2 aromatic rings. The number of nitrogens with zero attached hydrogens (tertiary/aromatic N) is 2. The third-order valence-electron chi connectivity index (χ3n) is 4.87. The van der Waals surface area contributed by atoms with Crippen molar-refractivity contribution in [2.24, 2.45) is 4.99 Å². The lowest BCUT2D eigenvalue weighted by molar-refractivity contribution is -0.137. The zero-order valence-electron chi connectivity index (χ0n) is 16.8. The summed E-state index contributed by atoms with van der Waals surface area (Å²) in [5.74, 6) is 0.289. The summed E-state index contributed by atoms with van der Waals surface area (Å²) >= 11 is 0. The van der Waals surface area contributed by atoms with E-state index in [0.717, 1.165) is 24.3 Å². The van der Waals surface area contributed by atoms with Crippen LogP contribution in [0.5, 0.6) is 5.75 Å². The van der Waals surface area contributed by atoms with E-state index in [1.54, 1.807) is 6.20 Å². The zero-order chi connectivity index (χ0) is 21.6. The molecule has 1 atom stereocenters. The van der Waals surface area contributed by atoms with Crippen LogP contribution in [0.3, 0.4) is 0 Å². The molecule has 0 aromatic heterocycles. The third kappa shape index (κ3) is 6.43. The van der Waals surface area contributed by atoms with Crippen molar-refractivity contribution in [2.45, 2.75) is 32.2 Å². The fourth-order valence-electron chi connectivity index (χ4n) is 3.26. The minimum Gasteiger partial charge on any atom is -0.491 e. The van der Waals surface area contributed by atoms with Gasteiger partial charge in [-0.15, -0.1) is 0 Å². The molecule has 0 bridgehead atoms. The molecule has 0 radical (unpaired) electrons. The summed E-state index contributed by atoms with van der Waals surface area (Å²) in [5.41, 5.74) is 2.63. The molecule has 1 aliphatic rings. The normalized spacial score (nSPS) is 14.8. The summed E-state index contributed by atoms with van der Waals surface area (Å²) in [7, 11) is 0. The van der Waals surface area contributed by atoms with E-state index in [0.29, 0.717) is 19.6 Å². The van der Waals surface area contributed by atoms with Crippen LogP contribution in [0, 0.1) is 6.92 Å². The predicted molar refractivity (Wildman–Crippen MR) is 111 cm³/mol. The highest BCUT2D eigenvalue weighted by molar-refractivity contribution is 5.89. The number of benzene rings is 2. The molecule has 0 saturated heterocycles. The van der Waals surface area contributed by atoms with Crippen LogP contribution in [0.4, 0.5) is 13.2 Å². The van der Waals surface area contributed by atoms with Crippen molar-refractivity contribution in [1.82, 2.24) is 4.90 Å². The molecule has 0 spiro atoms. The van der Waals surface area contributed by atoms with Gasteiger partial charge in [0.2, 0.25) is 0 Å². The summed E-state index contributed by atoms with van der Waals surface area (Å²) in [6, 6.07) is 12.5. The molecule has 0 amide bonds. The standard InChI is InChI=1S/C23H25F3N2O2/c1-17-5-2-3-6-18(17)13-28(14-20-7-4-12-27-20)15-21(29)16-30-22-10-8-19(9-11-22)23(24,25)26/h2-6,8-12,21,29H,7,13-16H2,1H3. The fraction of sp³-hybridized carbons (Fsp3) is 0.348. The minimum absolute atomic E-state index is 0.0135. The number of aliphatic hydroxyl groups is 1. The second-order valence-corrected chi connectivity index (χ2v) is 7.37. The van der Waals surface area contributed by atoms with Crippen LogP contribution in [0.2, 0.25) is 0 Å². The largest absolute Gasteiger partial charge is 0.491 e. The number of allylic oxidation sites excluding steroid dienone is 1. The average Bonchev–Trinajstić information content (AvgIpc) is 3.21. The second kappa shape index (κ2) is 9.91. The van der Waals surface area contributed by atoms with Crippen LogP contribution >= 0.6 is 0 Å². The maximum atomic E-state index is 12.7. The highest BCUT2D eigenvalue weighted by atomic mass is 19.4. The van der Waals surface area contributed by atoms with E-state index in [-0.39, 0.29) is 12.4 Å². The van der Waals surface area contributed by atoms with E-state index in [2.05, 4.69) is 16.0 Å². The van der Waals surface area contributed by atoms with E-state index in [1.165, 1.54) is 23.3 Å². The summed E-state index contributed by atoms with van der Waals surface area (Å²) in [4.78, 5) is 6.46. The van der Waals surface area contributed by atoms with E-state index in [4.69, 9.17) is 4.74 Å². The first-order valence-electron chi connectivity index (χ1n) is 9.77. The van der Waals surface area contributed by atoms with E-state index < -0.39 is 17.8 Å².